The van der Waals surface area contributed by atoms with Gasteiger partial charge >= 0.3 is 5.69 Å². The monoisotopic (exact) mass is 321 g/mol. The van der Waals surface area contributed by atoms with Crippen molar-refractivity contribution in [1.82, 2.24) is 9.13 Å². The van der Waals surface area contributed by atoms with E-state index in [4.69, 9.17) is 4.74 Å². The summed E-state index contributed by atoms with van der Waals surface area (Å²) in [6, 6.07) is 0. The lowest BCUT2D eigenvalue weighted by Crippen LogP contribution is -2.43. The third-order valence-corrected chi connectivity index (χ3v) is 4.25. The van der Waals surface area contributed by atoms with Crippen LogP contribution >= 0.6 is 0 Å². The summed E-state index contributed by atoms with van der Waals surface area (Å²) < 4.78 is 7.71. The van der Waals surface area contributed by atoms with Gasteiger partial charge in [0.1, 0.15) is 12.4 Å². The number of Topliss-reactive ketones (excluding diaryl/α,β-unsaturated/α-hetero) is 1. The van der Waals surface area contributed by atoms with Crippen molar-refractivity contribution in [3.8, 4) is 0 Å². The SMILES string of the molecule is CCOCC(=O)C1=C(C)Nc2c(c(=O)n(C)c(=O)n2C)C1CC. The molecule has 0 amide bonds. The summed E-state index contributed by atoms with van der Waals surface area (Å²) in [5, 5.41) is 3.06. The Morgan fingerprint density at radius 3 is 2.43 bits per heavy atom. The van der Waals surface area contributed by atoms with Crippen LogP contribution in [0.25, 0.3) is 0 Å². The molecule has 0 aromatic carbocycles. The number of hydrogen-bond donors (Lipinski definition) is 1. The molecular weight excluding hydrogens is 298 g/mol. The molecule has 1 atom stereocenters. The zero-order chi connectivity index (χ0) is 17.3. The topological polar surface area (TPSA) is 82.3 Å². The van der Waals surface area contributed by atoms with Crippen molar-refractivity contribution in [2.75, 3.05) is 18.5 Å². The van der Waals surface area contributed by atoms with Crippen molar-refractivity contribution in [2.24, 2.45) is 14.1 Å². The molecule has 0 radical (unpaired) electrons. The number of nitrogens with zero attached hydrogens (tertiary/aromatic N) is 2. The zero-order valence-corrected chi connectivity index (χ0v) is 14.2. The summed E-state index contributed by atoms with van der Waals surface area (Å²) in [5.74, 6) is -0.00891. The first-order valence-electron chi connectivity index (χ1n) is 7.73. The molecule has 1 aromatic rings. The van der Waals surface area contributed by atoms with Gasteiger partial charge in [-0.05, 0) is 20.3 Å². The Morgan fingerprint density at radius 2 is 1.87 bits per heavy atom. The highest BCUT2D eigenvalue weighted by Crippen LogP contribution is 2.36. The second-order valence-corrected chi connectivity index (χ2v) is 5.65. The molecule has 7 nitrogen and oxygen atoms in total. The summed E-state index contributed by atoms with van der Waals surface area (Å²) in [4.78, 5) is 37.2. The van der Waals surface area contributed by atoms with E-state index in [-0.39, 0.29) is 23.9 Å². The fraction of sp³-hybridized carbons (Fsp3) is 0.562. The Labute approximate surface area is 134 Å². The first-order chi connectivity index (χ1) is 10.8. The van der Waals surface area contributed by atoms with Crippen LogP contribution in [0.1, 0.15) is 38.7 Å². The summed E-state index contributed by atoms with van der Waals surface area (Å²) in [5.41, 5.74) is 0.925. The predicted molar refractivity (Wildman–Crippen MR) is 87.8 cm³/mol. The first kappa shape index (κ1) is 17.2. The Bertz CT molecular complexity index is 786. The zero-order valence-electron chi connectivity index (χ0n) is 14.2. The molecule has 2 rings (SSSR count). The standard InChI is InChI=1S/C16H23N3O4/c1-6-10-12(11(20)8-23-7-2)9(3)17-14-13(10)15(21)19(5)16(22)18(14)4/h10,17H,6-8H2,1-5H3. The van der Waals surface area contributed by atoms with E-state index in [1.54, 1.807) is 14.0 Å². The third-order valence-electron chi connectivity index (χ3n) is 4.25. The Balaban J connectivity index is 2.65. The molecule has 7 heteroatoms. The van der Waals surface area contributed by atoms with Crippen LogP contribution in [0.4, 0.5) is 5.82 Å². The minimum Gasteiger partial charge on any atom is -0.374 e. The molecule has 0 aliphatic carbocycles. The summed E-state index contributed by atoms with van der Waals surface area (Å²) >= 11 is 0. The maximum absolute atomic E-state index is 12.6. The maximum atomic E-state index is 12.6. The number of anilines is 1. The highest BCUT2D eigenvalue weighted by Gasteiger charge is 2.33. The molecule has 23 heavy (non-hydrogen) atoms. The first-order valence-corrected chi connectivity index (χ1v) is 7.73. The van der Waals surface area contributed by atoms with Crippen molar-refractivity contribution in [1.29, 1.82) is 0 Å². The Kier molecular flexibility index (Phi) is 4.89. The van der Waals surface area contributed by atoms with Crippen molar-refractivity contribution in [2.45, 2.75) is 33.1 Å². The number of nitrogens with one attached hydrogen (secondary N) is 1. The van der Waals surface area contributed by atoms with E-state index < -0.39 is 5.69 Å². The van der Waals surface area contributed by atoms with Crippen LogP contribution in [0, 0.1) is 0 Å². The Hall–Kier alpha value is -2.15. The number of rotatable bonds is 5. The van der Waals surface area contributed by atoms with Crippen LogP contribution in [0.5, 0.6) is 0 Å². The fourth-order valence-corrected chi connectivity index (χ4v) is 3.07. The number of allylic oxidation sites excluding steroid dienone is 1. The van der Waals surface area contributed by atoms with Gasteiger partial charge in [0.2, 0.25) is 0 Å². The van der Waals surface area contributed by atoms with Crippen LogP contribution in [0.2, 0.25) is 0 Å². The molecule has 1 N–H and O–H groups in total. The summed E-state index contributed by atoms with van der Waals surface area (Å²) in [6.07, 6.45) is 0.590. The van der Waals surface area contributed by atoms with Gasteiger partial charge in [-0.1, -0.05) is 6.92 Å². The van der Waals surface area contributed by atoms with E-state index in [1.165, 1.54) is 11.6 Å². The van der Waals surface area contributed by atoms with Gasteiger partial charge in [0.25, 0.3) is 5.56 Å². The van der Waals surface area contributed by atoms with E-state index in [9.17, 15) is 14.4 Å². The number of ketones is 1. The molecule has 2 heterocycles. The number of fused-ring (bicyclic) bond motifs is 1. The normalized spacial score (nSPS) is 17.0. The predicted octanol–water partition coefficient (Wildman–Crippen LogP) is 0.883. The maximum Gasteiger partial charge on any atom is 0.332 e. The number of ether oxygens (including phenoxy) is 1. The molecule has 0 spiro atoms. The van der Waals surface area contributed by atoms with Gasteiger partial charge in [0.05, 0.1) is 5.56 Å². The van der Waals surface area contributed by atoms with Gasteiger partial charge in [-0.25, -0.2) is 4.79 Å². The van der Waals surface area contributed by atoms with Crippen LogP contribution in [0.15, 0.2) is 20.9 Å². The molecule has 1 aromatic heterocycles. The average molecular weight is 321 g/mol. The van der Waals surface area contributed by atoms with E-state index in [1.807, 2.05) is 13.8 Å². The molecule has 0 saturated carbocycles. The molecule has 1 aliphatic rings. The van der Waals surface area contributed by atoms with E-state index in [2.05, 4.69) is 5.32 Å². The largest absolute Gasteiger partial charge is 0.374 e. The van der Waals surface area contributed by atoms with Gasteiger partial charge < -0.3 is 10.1 Å². The summed E-state index contributed by atoms with van der Waals surface area (Å²) in [6.45, 7) is 5.97. The van der Waals surface area contributed by atoms with Crippen molar-refractivity contribution < 1.29 is 9.53 Å². The minimum atomic E-state index is -0.395. The van der Waals surface area contributed by atoms with Gasteiger partial charge in [0.15, 0.2) is 5.78 Å². The van der Waals surface area contributed by atoms with Crippen LogP contribution < -0.4 is 16.6 Å². The van der Waals surface area contributed by atoms with Crippen LogP contribution in [0.3, 0.4) is 0 Å². The van der Waals surface area contributed by atoms with E-state index in [0.29, 0.717) is 35.7 Å². The third kappa shape index (κ3) is 2.76. The Morgan fingerprint density at radius 1 is 1.22 bits per heavy atom. The van der Waals surface area contributed by atoms with Crippen LogP contribution in [-0.2, 0) is 23.6 Å². The molecule has 0 fully saturated rings. The quantitative estimate of drug-likeness (QED) is 0.870. The lowest BCUT2D eigenvalue weighted by atomic mass is 9.83. The fourth-order valence-electron chi connectivity index (χ4n) is 3.07. The van der Waals surface area contributed by atoms with Gasteiger partial charge in [-0.3, -0.25) is 18.7 Å². The summed E-state index contributed by atoms with van der Waals surface area (Å²) in [7, 11) is 3.06. The molecular formula is C16H23N3O4. The van der Waals surface area contributed by atoms with Crippen molar-refractivity contribution in [3.63, 3.8) is 0 Å². The minimum absolute atomic E-state index is 0.0111. The van der Waals surface area contributed by atoms with Crippen molar-refractivity contribution in [3.05, 3.63) is 37.7 Å². The molecule has 0 bridgehead atoms. The van der Waals surface area contributed by atoms with Gasteiger partial charge in [-0.2, -0.15) is 0 Å². The second-order valence-electron chi connectivity index (χ2n) is 5.65. The lowest BCUT2D eigenvalue weighted by Gasteiger charge is -2.30. The number of aromatic nitrogens is 2. The number of carbonyl (C=O) groups excluding carboxylic acids is 1. The highest BCUT2D eigenvalue weighted by molar-refractivity contribution is 6.00. The molecule has 126 valence electrons. The second kappa shape index (κ2) is 6.54. The van der Waals surface area contributed by atoms with Gasteiger partial charge in [0, 0.05) is 37.9 Å². The number of carbonyl (C=O) groups is 1. The van der Waals surface area contributed by atoms with E-state index in [0.717, 1.165) is 4.57 Å². The van der Waals surface area contributed by atoms with Crippen LogP contribution in [-0.4, -0.2) is 28.1 Å². The molecule has 0 saturated heterocycles. The highest BCUT2D eigenvalue weighted by atomic mass is 16.5. The van der Waals surface area contributed by atoms with Crippen molar-refractivity contribution >= 4 is 11.6 Å². The molecule has 1 aliphatic heterocycles. The average Bonchev–Trinajstić information content (AvgIpc) is 2.54. The smallest absolute Gasteiger partial charge is 0.332 e. The number of hydrogen-bond acceptors (Lipinski definition) is 5. The molecule has 1 unspecified atom stereocenters. The lowest BCUT2D eigenvalue weighted by molar-refractivity contribution is -0.120. The van der Waals surface area contributed by atoms with Gasteiger partial charge in [-0.15, -0.1) is 0 Å². The van der Waals surface area contributed by atoms with E-state index >= 15 is 0 Å².